The Morgan fingerprint density at radius 1 is 1.35 bits per heavy atom. The zero-order valence-corrected chi connectivity index (χ0v) is 13.2. The van der Waals surface area contributed by atoms with Gasteiger partial charge in [0.15, 0.2) is 0 Å². The van der Waals surface area contributed by atoms with E-state index in [2.05, 4.69) is 44.4 Å². The maximum atomic E-state index is 5.87. The van der Waals surface area contributed by atoms with Crippen molar-refractivity contribution in [3.8, 4) is 5.69 Å². The second-order valence-electron chi connectivity index (χ2n) is 6.20. The van der Waals surface area contributed by atoms with Crippen molar-refractivity contribution in [1.29, 1.82) is 0 Å². The molecule has 2 aromatic heterocycles. The van der Waals surface area contributed by atoms with Gasteiger partial charge in [-0.1, -0.05) is 0 Å². The number of nitrogens with zero attached hydrogens (tertiary/aromatic N) is 4. The third-order valence-corrected chi connectivity index (χ3v) is 4.87. The van der Waals surface area contributed by atoms with Crippen LogP contribution in [0.25, 0.3) is 16.6 Å². The Bertz CT molecular complexity index is 776. The molecule has 3 N–H and O–H groups in total. The summed E-state index contributed by atoms with van der Waals surface area (Å²) in [5.41, 5.74) is 9.43. The lowest BCUT2D eigenvalue weighted by Gasteiger charge is -2.22. The Kier molecular flexibility index (Phi) is 3.85. The Hall–Kier alpha value is -2.18. The van der Waals surface area contributed by atoms with Gasteiger partial charge in [0, 0.05) is 36.2 Å². The van der Waals surface area contributed by atoms with Crippen LogP contribution in [0.15, 0.2) is 37.1 Å². The van der Waals surface area contributed by atoms with E-state index in [1.165, 1.54) is 35.9 Å². The zero-order valence-electron chi connectivity index (χ0n) is 13.2. The number of hydrogen-bond acceptors (Lipinski definition) is 4. The molecule has 0 aliphatic carbocycles. The molecule has 1 aliphatic heterocycles. The Labute approximate surface area is 135 Å². The summed E-state index contributed by atoms with van der Waals surface area (Å²) in [5.74, 6) is 0. The number of rotatable bonds is 5. The lowest BCUT2D eigenvalue weighted by molar-refractivity contribution is 0.262. The largest absolute Gasteiger partial charge is 0.361 e. The number of likely N-dealkylation sites (tertiary alicyclic amines) is 1. The van der Waals surface area contributed by atoms with Crippen LogP contribution in [-0.2, 0) is 6.42 Å². The Morgan fingerprint density at radius 2 is 2.30 bits per heavy atom. The van der Waals surface area contributed by atoms with Gasteiger partial charge in [0.2, 0.25) is 0 Å². The van der Waals surface area contributed by atoms with Gasteiger partial charge >= 0.3 is 0 Å². The van der Waals surface area contributed by atoms with Crippen LogP contribution in [0.3, 0.4) is 0 Å². The van der Waals surface area contributed by atoms with Crippen molar-refractivity contribution >= 4 is 10.9 Å². The summed E-state index contributed by atoms with van der Waals surface area (Å²) >= 11 is 0. The standard InChI is InChI=1S/C17H22N6/c18-9-15-2-1-6-22(15)7-5-13-10-20-17-4-3-14(8-16(13)17)23-12-19-11-21-23/h3-4,8,10-12,15,20H,1-2,5-7,9,18H2. The molecule has 1 saturated heterocycles. The molecule has 1 aliphatic rings. The minimum Gasteiger partial charge on any atom is -0.361 e. The smallest absolute Gasteiger partial charge is 0.138 e. The number of H-pyrrole nitrogens is 1. The van der Waals surface area contributed by atoms with Crippen LogP contribution in [0.5, 0.6) is 0 Å². The fourth-order valence-corrected chi connectivity index (χ4v) is 3.58. The van der Waals surface area contributed by atoms with E-state index in [-0.39, 0.29) is 0 Å². The number of nitrogens with one attached hydrogen (secondary N) is 1. The third-order valence-electron chi connectivity index (χ3n) is 4.87. The van der Waals surface area contributed by atoms with E-state index >= 15 is 0 Å². The summed E-state index contributed by atoms with van der Waals surface area (Å²) in [6.07, 6.45) is 8.96. The van der Waals surface area contributed by atoms with Gasteiger partial charge in [-0.25, -0.2) is 9.67 Å². The molecule has 0 saturated carbocycles. The molecular formula is C17H22N6. The molecule has 1 unspecified atom stereocenters. The fraction of sp³-hybridized carbons (Fsp3) is 0.412. The van der Waals surface area contributed by atoms with Crippen LogP contribution in [0.2, 0.25) is 0 Å². The molecule has 0 bridgehead atoms. The highest BCUT2D eigenvalue weighted by Crippen LogP contribution is 2.23. The van der Waals surface area contributed by atoms with Gasteiger partial charge in [-0.3, -0.25) is 4.90 Å². The molecule has 23 heavy (non-hydrogen) atoms. The van der Waals surface area contributed by atoms with E-state index in [4.69, 9.17) is 5.73 Å². The molecule has 1 fully saturated rings. The van der Waals surface area contributed by atoms with Crippen LogP contribution >= 0.6 is 0 Å². The molecule has 0 amide bonds. The number of aromatic nitrogens is 4. The summed E-state index contributed by atoms with van der Waals surface area (Å²) < 4.78 is 1.79. The second-order valence-corrected chi connectivity index (χ2v) is 6.20. The Balaban J connectivity index is 1.56. The quantitative estimate of drug-likeness (QED) is 0.752. The summed E-state index contributed by atoms with van der Waals surface area (Å²) in [5, 5.41) is 5.48. The second kappa shape index (κ2) is 6.14. The fourth-order valence-electron chi connectivity index (χ4n) is 3.58. The van der Waals surface area contributed by atoms with Gasteiger partial charge in [0.1, 0.15) is 12.7 Å². The van der Waals surface area contributed by atoms with Gasteiger partial charge < -0.3 is 10.7 Å². The highest BCUT2D eigenvalue weighted by atomic mass is 15.3. The normalized spacial score (nSPS) is 18.9. The summed E-state index contributed by atoms with van der Waals surface area (Å²) in [6.45, 7) is 3.02. The number of hydrogen-bond donors (Lipinski definition) is 2. The number of fused-ring (bicyclic) bond motifs is 1. The molecule has 4 rings (SSSR count). The number of aromatic amines is 1. The van der Waals surface area contributed by atoms with Gasteiger partial charge in [-0.2, -0.15) is 5.10 Å². The summed E-state index contributed by atoms with van der Waals surface area (Å²) in [4.78, 5) is 9.92. The van der Waals surface area contributed by atoms with Crippen LogP contribution in [-0.4, -0.2) is 50.3 Å². The van der Waals surface area contributed by atoms with E-state index in [1.807, 2.05) is 0 Å². The molecule has 120 valence electrons. The van der Waals surface area contributed by atoms with Crippen LogP contribution < -0.4 is 5.73 Å². The summed E-state index contributed by atoms with van der Waals surface area (Å²) in [7, 11) is 0. The van der Waals surface area contributed by atoms with Crippen molar-refractivity contribution in [3.63, 3.8) is 0 Å². The van der Waals surface area contributed by atoms with Crippen molar-refractivity contribution < 1.29 is 0 Å². The van der Waals surface area contributed by atoms with Gasteiger partial charge in [-0.15, -0.1) is 0 Å². The van der Waals surface area contributed by atoms with Crippen molar-refractivity contribution in [2.45, 2.75) is 25.3 Å². The highest BCUT2D eigenvalue weighted by Gasteiger charge is 2.22. The summed E-state index contributed by atoms with van der Waals surface area (Å²) in [6, 6.07) is 6.91. The molecule has 1 aromatic carbocycles. The van der Waals surface area contributed by atoms with Crippen molar-refractivity contribution in [2.75, 3.05) is 19.6 Å². The lowest BCUT2D eigenvalue weighted by atomic mass is 10.1. The number of nitrogens with two attached hydrogens (primary N) is 1. The minimum atomic E-state index is 0.561. The number of benzene rings is 1. The van der Waals surface area contributed by atoms with Gasteiger partial charge in [0.25, 0.3) is 0 Å². The maximum Gasteiger partial charge on any atom is 0.138 e. The van der Waals surface area contributed by atoms with Crippen LogP contribution in [0.1, 0.15) is 18.4 Å². The van der Waals surface area contributed by atoms with Gasteiger partial charge in [0.05, 0.1) is 5.69 Å². The molecule has 3 aromatic rings. The Morgan fingerprint density at radius 3 is 3.13 bits per heavy atom. The first-order chi connectivity index (χ1) is 11.3. The highest BCUT2D eigenvalue weighted by molar-refractivity contribution is 5.85. The van der Waals surface area contributed by atoms with E-state index in [9.17, 15) is 0 Å². The third kappa shape index (κ3) is 2.75. The van der Waals surface area contributed by atoms with Crippen molar-refractivity contribution in [2.24, 2.45) is 5.73 Å². The predicted octanol–water partition coefficient (Wildman–Crippen LogP) is 1.71. The lowest BCUT2D eigenvalue weighted by Crippen LogP contribution is -2.36. The SMILES string of the molecule is NCC1CCCN1CCc1c[nH]c2ccc(-n3cncn3)cc12. The molecule has 1 atom stereocenters. The first-order valence-electron chi connectivity index (χ1n) is 8.24. The topological polar surface area (TPSA) is 75.8 Å². The molecule has 0 spiro atoms. The van der Waals surface area contributed by atoms with Crippen molar-refractivity contribution in [1.82, 2.24) is 24.6 Å². The first-order valence-corrected chi connectivity index (χ1v) is 8.24. The molecule has 3 heterocycles. The average Bonchev–Trinajstić information content (AvgIpc) is 3.32. The van der Waals surface area contributed by atoms with Crippen LogP contribution in [0, 0.1) is 0 Å². The molecule has 6 nitrogen and oxygen atoms in total. The van der Waals surface area contributed by atoms with E-state index in [1.54, 1.807) is 17.3 Å². The van der Waals surface area contributed by atoms with E-state index in [0.717, 1.165) is 25.2 Å². The molecular weight excluding hydrogens is 288 g/mol. The monoisotopic (exact) mass is 310 g/mol. The average molecular weight is 310 g/mol. The van der Waals surface area contributed by atoms with Crippen molar-refractivity contribution in [3.05, 3.63) is 42.6 Å². The minimum absolute atomic E-state index is 0.561. The van der Waals surface area contributed by atoms with Crippen LogP contribution in [0.4, 0.5) is 0 Å². The zero-order chi connectivity index (χ0) is 15.6. The van der Waals surface area contributed by atoms with E-state index < -0.39 is 0 Å². The maximum absolute atomic E-state index is 5.87. The van der Waals surface area contributed by atoms with Gasteiger partial charge in [-0.05, 0) is 49.6 Å². The molecule has 0 radical (unpaired) electrons. The molecule has 6 heteroatoms. The van der Waals surface area contributed by atoms with E-state index in [0.29, 0.717) is 6.04 Å². The predicted molar refractivity (Wildman–Crippen MR) is 90.6 cm³/mol. The first kappa shape index (κ1) is 14.4.